The molecule has 6 nitrogen and oxygen atoms in total. The quantitative estimate of drug-likeness (QED) is 0.508. The molecular weight excluding hydrogens is 428 g/mol. The van der Waals surface area contributed by atoms with Crippen LogP contribution in [-0.2, 0) is 12.0 Å². The Labute approximate surface area is 191 Å². The van der Waals surface area contributed by atoms with E-state index in [0.29, 0.717) is 22.2 Å². The smallest absolute Gasteiger partial charge is 0.252 e. The van der Waals surface area contributed by atoms with E-state index in [0.717, 1.165) is 17.4 Å². The maximum absolute atomic E-state index is 11.0. The minimum atomic E-state index is -0.823. The minimum Gasteiger partial charge on any atom is -0.491 e. The second kappa shape index (κ2) is 8.73. The lowest BCUT2D eigenvalue weighted by molar-refractivity contribution is 0.112. The van der Waals surface area contributed by atoms with Crippen LogP contribution in [0.25, 0.3) is 5.57 Å². The first-order valence-corrected chi connectivity index (χ1v) is 10.6. The van der Waals surface area contributed by atoms with Crippen LogP contribution in [0.1, 0.15) is 41.5 Å². The summed E-state index contributed by atoms with van der Waals surface area (Å²) in [5.74, 6) is 0.986. The molecular formula is C25H23ClN2O4. The fraction of sp³-hybridized carbons (Fsp3) is 0.240. The molecule has 0 fully saturated rings. The van der Waals surface area contributed by atoms with Gasteiger partial charge >= 0.3 is 0 Å². The van der Waals surface area contributed by atoms with Crippen molar-refractivity contribution >= 4 is 23.5 Å². The lowest BCUT2D eigenvalue weighted by Crippen LogP contribution is -2.48. The molecule has 32 heavy (non-hydrogen) atoms. The molecule has 4 rings (SSSR count). The molecule has 1 aliphatic rings. The molecule has 0 bridgehead atoms. The van der Waals surface area contributed by atoms with Gasteiger partial charge < -0.3 is 14.4 Å². The number of carbonyl (C=O) groups is 1. The van der Waals surface area contributed by atoms with Crippen molar-refractivity contribution in [2.45, 2.75) is 25.9 Å². The number of allylic oxidation sites excluding steroid dienone is 3. The van der Waals surface area contributed by atoms with Crippen LogP contribution in [0.2, 0.25) is 5.02 Å². The van der Waals surface area contributed by atoms with Crippen molar-refractivity contribution in [1.29, 1.82) is 0 Å². The lowest BCUT2D eigenvalue weighted by atomic mass is 9.58. The molecule has 0 amide bonds. The van der Waals surface area contributed by atoms with Crippen LogP contribution in [-0.4, -0.2) is 28.1 Å². The summed E-state index contributed by atoms with van der Waals surface area (Å²) in [5.41, 5.74) is 1.29. The number of carbonyl (C=O) groups excluding carboxylic acids is 1. The molecule has 1 atom stereocenters. The first-order valence-electron chi connectivity index (χ1n) is 10.2. The van der Waals surface area contributed by atoms with Crippen molar-refractivity contribution in [2.75, 3.05) is 6.61 Å². The van der Waals surface area contributed by atoms with Gasteiger partial charge in [0.25, 0.3) is 5.89 Å². The third-order valence-corrected chi connectivity index (χ3v) is 6.36. The Kier molecular flexibility index (Phi) is 6.00. The van der Waals surface area contributed by atoms with Crippen molar-refractivity contribution in [3.8, 4) is 5.75 Å². The molecule has 2 aromatic carbocycles. The van der Waals surface area contributed by atoms with Gasteiger partial charge in [-0.05, 0) is 29.3 Å². The molecule has 0 saturated heterocycles. The molecule has 164 valence electrons. The Hall–Kier alpha value is -3.22. The molecule has 7 heteroatoms. The zero-order valence-corrected chi connectivity index (χ0v) is 18.5. The number of hydrogen-bond acceptors (Lipinski definition) is 6. The van der Waals surface area contributed by atoms with Gasteiger partial charge in [-0.2, -0.15) is 4.98 Å². The number of rotatable bonds is 7. The van der Waals surface area contributed by atoms with E-state index in [1.807, 2.05) is 30.4 Å². The second-order valence-corrected chi connectivity index (χ2v) is 8.58. The third-order valence-electron chi connectivity index (χ3n) is 6.07. The van der Waals surface area contributed by atoms with Crippen molar-refractivity contribution in [3.05, 3.63) is 94.6 Å². The number of aliphatic hydroxyl groups excluding tert-OH is 1. The summed E-state index contributed by atoms with van der Waals surface area (Å²) in [6.07, 6.45) is 6.77. The average molecular weight is 451 g/mol. The molecule has 1 unspecified atom stereocenters. The number of aliphatic hydroxyl groups is 1. The highest BCUT2D eigenvalue weighted by molar-refractivity contribution is 6.32. The van der Waals surface area contributed by atoms with E-state index in [1.54, 1.807) is 18.2 Å². The number of ether oxygens (including phenoxy) is 1. The SMILES string of the molecule is CC1(C)C(c2ccccc2)=CC=CC1(COc1ccc(C=O)cc1Cl)c1noc(CO)n1. The van der Waals surface area contributed by atoms with Crippen LogP contribution in [0, 0.1) is 5.41 Å². The predicted octanol–water partition coefficient (Wildman–Crippen LogP) is 5.02. The summed E-state index contributed by atoms with van der Waals surface area (Å²) in [6, 6.07) is 15.0. The molecule has 3 aromatic rings. The predicted molar refractivity (Wildman–Crippen MR) is 122 cm³/mol. The number of hydrogen-bond donors (Lipinski definition) is 1. The van der Waals surface area contributed by atoms with E-state index in [2.05, 4.69) is 42.2 Å². The van der Waals surface area contributed by atoms with Crippen molar-refractivity contribution < 1.29 is 19.2 Å². The number of nitrogens with zero attached hydrogens (tertiary/aromatic N) is 2. The molecule has 0 saturated carbocycles. The molecule has 0 spiro atoms. The van der Waals surface area contributed by atoms with Crippen LogP contribution in [0.3, 0.4) is 0 Å². The maximum Gasteiger partial charge on any atom is 0.252 e. The van der Waals surface area contributed by atoms with Crippen molar-refractivity contribution in [1.82, 2.24) is 10.1 Å². The number of aromatic nitrogens is 2. The fourth-order valence-electron chi connectivity index (χ4n) is 4.09. The van der Waals surface area contributed by atoms with Crippen LogP contribution in [0.4, 0.5) is 0 Å². The van der Waals surface area contributed by atoms with Gasteiger partial charge in [0.15, 0.2) is 5.82 Å². The Morgan fingerprint density at radius 3 is 2.62 bits per heavy atom. The zero-order valence-electron chi connectivity index (χ0n) is 17.8. The number of aldehydes is 1. The Bertz CT molecular complexity index is 1180. The molecule has 0 aliphatic heterocycles. The van der Waals surface area contributed by atoms with E-state index >= 15 is 0 Å². The molecule has 1 aliphatic carbocycles. The number of benzene rings is 2. The number of halogens is 1. The third kappa shape index (κ3) is 3.76. The monoisotopic (exact) mass is 450 g/mol. The maximum atomic E-state index is 11.0. The van der Waals surface area contributed by atoms with Crippen LogP contribution in [0.15, 0.2) is 71.3 Å². The van der Waals surface area contributed by atoms with E-state index in [-0.39, 0.29) is 19.1 Å². The van der Waals surface area contributed by atoms with Gasteiger partial charge in [-0.1, -0.05) is 79.2 Å². The summed E-state index contributed by atoms with van der Waals surface area (Å²) in [4.78, 5) is 15.5. The van der Waals surface area contributed by atoms with Gasteiger partial charge in [-0.25, -0.2) is 0 Å². The fourth-order valence-corrected chi connectivity index (χ4v) is 4.33. The highest BCUT2D eigenvalue weighted by Crippen LogP contribution is 2.53. The topological polar surface area (TPSA) is 85.5 Å². The van der Waals surface area contributed by atoms with Gasteiger partial charge in [-0.3, -0.25) is 4.79 Å². The highest BCUT2D eigenvalue weighted by atomic mass is 35.5. The second-order valence-electron chi connectivity index (χ2n) is 8.17. The first kappa shape index (κ1) is 22.0. The lowest BCUT2D eigenvalue weighted by Gasteiger charge is -2.46. The van der Waals surface area contributed by atoms with Crippen LogP contribution in [0.5, 0.6) is 5.75 Å². The van der Waals surface area contributed by atoms with Gasteiger partial charge in [0.1, 0.15) is 25.2 Å². The van der Waals surface area contributed by atoms with E-state index < -0.39 is 10.8 Å². The molecule has 1 N–H and O–H groups in total. The van der Waals surface area contributed by atoms with Gasteiger partial charge in [0.05, 0.1) is 10.4 Å². The first-order chi connectivity index (χ1) is 15.4. The minimum absolute atomic E-state index is 0.132. The summed E-state index contributed by atoms with van der Waals surface area (Å²) in [7, 11) is 0. The standard InChI is InChI=1S/C25H23ClN2O4/c1-24(2)19(18-7-4-3-5-8-18)9-6-12-25(24,23-27-22(15-30)32-28-23)16-31-21-11-10-17(14-29)13-20(21)26/h3-14,30H,15-16H2,1-2H3. The summed E-state index contributed by atoms with van der Waals surface area (Å²) in [5, 5.41) is 14.0. The summed E-state index contributed by atoms with van der Waals surface area (Å²) < 4.78 is 11.4. The Morgan fingerprint density at radius 1 is 1.19 bits per heavy atom. The van der Waals surface area contributed by atoms with E-state index in [1.165, 1.54) is 0 Å². The Balaban J connectivity index is 1.78. The van der Waals surface area contributed by atoms with Crippen LogP contribution >= 0.6 is 11.6 Å². The highest BCUT2D eigenvalue weighted by Gasteiger charge is 2.52. The van der Waals surface area contributed by atoms with Gasteiger partial charge in [0, 0.05) is 11.0 Å². The average Bonchev–Trinajstić information content (AvgIpc) is 3.29. The van der Waals surface area contributed by atoms with Crippen molar-refractivity contribution in [2.24, 2.45) is 5.41 Å². The largest absolute Gasteiger partial charge is 0.491 e. The van der Waals surface area contributed by atoms with Crippen molar-refractivity contribution in [3.63, 3.8) is 0 Å². The normalized spacial score (nSPS) is 19.4. The van der Waals surface area contributed by atoms with E-state index in [4.69, 9.17) is 20.9 Å². The van der Waals surface area contributed by atoms with Crippen LogP contribution < -0.4 is 4.74 Å². The van der Waals surface area contributed by atoms with Gasteiger partial charge in [-0.15, -0.1) is 0 Å². The van der Waals surface area contributed by atoms with Gasteiger partial charge in [0.2, 0.25) is 0 Å². The molecule has 1 aromatic heterocycles. The molecule has 1 heterocycles. The summed E-state index contributed by atoms with van der Waals surface area (Å²) >= 11 is 6.34. The Morgan fingerprint density at radius 2 is 1.97 bits per heavy atom. The van der Waals surface area contributed by atoms with E-state index in [9.17, 15) is 9.90 Å². The summed E-state index contributed by atoms with van der Waals surface area (Å²) in [6.45, 7) is 4.01. The molecule has 0 radical (unpaired) electrons. The zero-order chi connectivity index (χ0) is 22.8.